The van der Waals surface area contributed by atoms with Crippen LogP contribution in [0.5, 0.6) is 0 Å². The molecule has 5 rings (SSSR count). The first kappa shape index (κ1) is 16.0. The smallest absolute Gasteiger partial charge is 0.253 e. The van der Waals surface area contributed by atoms with Crippen LogP contribution in [0, 0.1) is 0 Å². The number of H-pyrrole nitrogens is 1. The normalized spacial score (nSPS) is 15.3. The van der Waals surface area contributed by atoms with Crippen molar-refractivity contribution in [3.05, 3.63) is 80.8 Å². The molecule has 0 radical (unpaired) electrons. The minimum absolute atomic E-state index is 0.0133. The van der Waals surface area contributed by atoms with Crippen molar-refractivity contribution in [2.45, 2.75) is 32.2 Å². The summed E-state index contributed by atoms with van der Waals surface area (Å²) in [6.07, 6.45) is 10.9. The predicted molar refractivity (Wildman–Crippen MR) is 105 cm³/mol. The molecule has 5 nitrogen and oxygen atoms in total. The first-order valence-electron chi connectivity index (χ1n) is 9.32. The molecule has 134 valence electrons. The number of hydrogen-bond acceptors (Lipinski definition) is 3. The third-order valence-corrected chi connectivity index (χ3v) is 5.50. The number of fused-ring (bicyclic) bond motifs is 3. The first-order chi connectivity index (χ1) is 13.2. The summed E-state index contributed by atoms with van der Waals surface area (Å²) in [6.45, 7) is 0.543. The van der Waals surface area contributed by atoms with E-state index in [-0.39, 0.29) is 5.56 Å². The molecule has 3 aromatic rings. The van der Waals surface area contributed by atoms with E-state index in [9.17, 15) is 9.59 Å². The van der Waals surface area contributed by atoms with E-state index in [1.165, 1.54) is 5.56 Å². The molecule has 1 N–H and O–H groups in total. The molecular formula is C22H19N3O2. The third kappa shape index (κ3) is 2.58. The van der Waals surface area contributed by atoms with Gasteiger partial charge in [0.25, 0.3) is 5.56 Å². The fraction of sp³-hybridized carbons (Fsp3) is 0.227. The molecule has 27 heavy (non-hydrogen) atoms. The number of pyridine rings is 1. The number of nitrogens with one attached hydrogen (secondary N) is 1. The highest BCUT2D eigenvalue weighted by Gasteiger charge is 2.24. The number of aldehydes is 1. The van der Waals surface area contributed by atoms with E-state index in [1.54, 1.807) is 12.1 Å². The Morgan fingerprint density at radius 2 is 1.85 bits per heavy atom. The van der Waals surface area contributed by atoms with Gasteiger partial charge in [-0.3, -0.25) is 9.59 Å². The molecule has 0 unspecified atom stereocenters. The molecule has 5 heteroatoms. The van der Waals surface area contributed by atoms with Crippen LogP contribution in [0.15, 0.2) is 47.3 Å². The van der Waals surface area contributed by atoms with Gasteiger partial charge in [0.2, 0.25) is 0 Å². The van der Waals surface area contributed by atoms with Crippen LogP contribution in [0.4, 0.5) is 0 Å². The summed E-state index contributed by atoms with van der Waals surface area (Å²) in [5, 5.41) is 5.94. The van der Waals surface area contributed by atoms with E-state index in [0.29, 0.717) is 12.1 Å². The van der Waals surface area contributed by atoms with Crippen molar-refractivity contribution in [2.75, 3.05) is 0 Å². The summed E-state index contributed by atoms with van der Waals surface area (Å²) in [7, 11) is 0. The maximum Gasteiger partial charge on any atom is 0.253 e. The second kappa shape index (κ2) is 6.20. The molecule has 2 heterocycles. The summed E-state index contributed by atoms with van der Waals surface area (Å²) >= 11 is 0. The second-order valence-corrected chi connectivity index (χ2v) is 7.19. The Kier molecular flexibility index (Phi) is 3.67. The van der Waals surface area contributed by atoms with Crippen molar-refractivity contribution in [2.24, 2.45) is 0 Å². The molecule has 0 amide bonds. The van der Waals surface area contributed by atoms with Crippen molar-refractivity contribution in [3.8, 4) is 0 Å². The molecule has 0 saturated carbocycles. The van der Waals surface area contributed by atoms with Crippen LogP contribution in [-0.4, -0.2) is 21.1 Å². The minimum Gasteiger partial charge on any atom is -0.307 e. The Morgan fingerprint density at radius 1 is 1.11 bits per heavy atom. The number of aromatic nitrogens is 3. The Hall–Kier alpha value is -3.21. The summed E-state index contributed by atoms with van der Waals surface area (Å²) < 4.78 is 1.88. The number of carbonyl (C=O) groups is 1. The van der Waals surface area contributed by atoms with E-state index >= 15 is 0 Å². The highest BCUT2D eigenvalue weighted by atomic mass is 16.1. The molecule has 2 aliphatic carbocycles. The fourth-order valence-corrected chi connectivity index (χ4v) is 4.03. The lowest BCUT2D eigenvalue weighted by Crippen LogP contribution is -2.20. The number of hydrogen-bond donors (Lipinski definition) is 1. The third-order valence-electron chi connectivity index (χ3n) is 5.50. The minimum atomic E-state index is 0.0133. The number of carbonyl (C=O) groups excluding carboxylic acids is 1. The van der Waals surface area contributed by atoms with Gasteiger partial charge in [-0.25, -0.2) is 4.68 Å². The van der Waals surface area contributed by atoms with Crippen LogP contribution in [-0.2, 0) is 19.4 Å². The molecule has 0 fully saturated rings. The topological polar surface area (TPSA) is 67.8 Å². The van der Waals surface area contributed by atoms with Crippen molar-refractivity contribution in [1.82, 2.24) is 14.8 Å². The zero-order valence-electron chi connectivity index (χ0n) is 14.9. The van der Waals surface area contributed by atoms with E-state index in [2.05, 4.69) is 17.1 Å². The van der Waals surface area contributed by atoms with E-state index < -0.39 is 0 Å². The number of allylic oxidation sites excluding steroid dienone is 4. The number of aromatic amines is 1. The fourth-order valence-electron chi connectivity index (χ4n) is 4.03. The second-order valence-electron chi connectivity index (χ2n) is 7.19. The van der Waals surface area contributed by atoms with Gasteiger partial charge in [-0.15, -0.1) is 0 Å². The molecule has 2 aromatic heterocycles. The standard InChI is InChI=1S/C22H19N3O2/c26-13-15-10-8-14(9-11-15)12-25-21-19(20(24-25)16-4-3-5-16)17-6-1-2-7-18(17)22(27)23-21/h3-5,8-11,13H,1-2,6-7,12H2,(H,23,27). The summed E-state index contributed by atoms with van der Waals surface area (Å²) in [4.78, 5) is 26.6. The monoisotopic (exact) mass is 357 g/mol. The number of aryl methyl sites for hydroxylation is 1. The van der Waals surface area contributed by atoms with Crippen molar-refractivity contribution in [1.29, 1.82) is 0 Å². The molecule has 1 aromatic carbocycles. The predicted octanol–water partition coefficient (Wildman–Crippen LogP) is 3.42. The van der Waals surface area contributed by atoms with Gasteiger partial charge in [0, 0.05) is 22.1 Å². The Morgan fingerprint density at radius 3 is 2.52 bits per heavy atom. The van der Waals surface area contributed by atoms with Gasteiger partial charge >= 0.3 is 0 Å². The Bertz CT molecular complexity index is 1180. The van der Waals surface area contributed by atoms with Crippen molar-refractivity contribution < 1.29 is 4.79 Å². The van der Waals surface area contributed by atoms with Crippen molar-refractivity contribution in [3.63, 3.8) is 0 Å². The zero-order chi connectivity index (χ0) is 18.4. The van der Waals surface area contributed by atoms with Gasteiger partial charge < -0.3 is 4.98 Å². The van der Waals surface area contributed by atoms with E-state index in [4.69, 9.17) is 5.10 Å². The van der Waals surface area contributed by atoms with Gasteiger partial charge in [0.05, 0.1) is 6.54 Å². The molecule has 0 bridgehead atoms. The number of rotatable bonds is 4. The lowest BCUT2D eigenvalue weighted by molar-refractivity contribution is 0.112. The molecule has 0 saturated heterocycles. The molecule has 0 aliphatic heterocycles. The van der Waals surface area contributed by atoms with Crippen LogP contribution < -0.4 is 5.56 Å². The van der Waals surface area contributed by atoms with Crippen LogP contribution in [0.1, 0.15) is 45.6 Å². The number of benzene rings is 1. The number of nitrogens with zero attached hydrogens (tertiary/aromatic N) is 2. The van der Waals surface area contributed by atoms with Gasteiger partial charge in [0.15, 0.2) is 0 Å². The summed E-state index contributed by atoms with van der Waals surface area (Å²) in [6, 6.07) is 7.46. The highest BCUT2D eigenvalue weighted by molar-refractivity contribution is 5.96. The van der Waals surface area contributed by atoms with Crippen molar-refractivity contribution >= 4 is 22.9 Å². The molecule has 0 spiro atoms. The quantitative estimate of drug-likeness (QED) is 0.728. The summed E-state index contributed by atoms with van der Waals surface area (Å²) in [5.74, 6) is 0. The maximum atomic E-state index is 12.7. The SMILES string of the molecule is O=Cc1ccc(Cn2nc(C3=CC=C3)c3c4c(c(=O)[nH]c32)CCCC4)cc1. The van der Waals surface area contributed by atoms with E-state index in [0.717, 1.165) is 65.4 Å². The largest absolute Gasteiger partial charge is 0.307 e. The van der Waals surface area contributed by atoms with Gasteiger partial charge in [-0.1, -0.05) is 42.5 Å². The summed E-state index contributed by atoms with van der Waals surface area (Å²) in [5.41, 5.74) is 6.63. The van der Waals surface area contributed by atoms with Gasteiger partial charge in [0.1, 0.15) is 17.6 Å². The maximum absolute atomic E-state index is 12.7. The van der Waals surface area contributed by atoms with Gasteiger partial charge in [-0.05, 0) is 36.8 Å². The Balaban J connectivity index is 1.69. The van der Waals surface area contributed by atoms with Crippen LogP contribution in [0.2, 0.25) is 0 Å². The highest BCUT2D eigenvalue weighted by Crippen LogP contribution is 2.33. The van der Waals surface area contributed by atoms with Gasteiger partial charge in [-0.2, -0.15) is 5.10 Å². The van der Waals surface area contributed by atoms with E-state index in [1.807, 2.05) is 22.9 Å². The average Bonchev–Trinajstić information content (AvgIpc) is 2.99. The first-order valence-corrected chi connectivity index (χ1v) is 9.32. The molecule has 2 aliphatic rings. The molecular weight excluding hydrogens is 338 g/mol. The lowest BCUT2D eigenvalue weighted by Gasteiger charge is -2.16. The average molecular weight is 357 g/mol. The van der Waals surface area contributed by atoms with Crippen LogP contribution in [0.3, 0.4) is 0 Å². The zero-order valence-corrected chi connectivity index (χ0v) is 14.9. The van der Waals surface area contributed by atoms with Crippen LogP contribution >= 0.6 is 0 Å². The van der Waals surface area contributed by atoms with Crippen LogP contribution in [0.25, 0.3) is 16.6 Å². The lowest BCUT2D eigenvalue weighted by atomic mass is 9.89. The Labute approximate surface area is 156 Å². The molecule has 0 atom stereocenters.